The Morgan fingerprint density at radius 3 is 2.55 bits per heavy atom. The SMILES string of the molecule is COc1ccc2c(c1C)Oc1ccc(-c3cccc(Cl)c3)cc1C21N=C(N)N(C)C1=O. The van der Waals surface area contributed by atoms with Gasteiger partial charge in [0.2, 0.25) is 5.54 Å². The van der Waals surface area contributed by atoms with Crippen LogP contribution in [0, 0.1) is 6.92 Å². The maximum atomic E-state index is 13.6. The summed E-state index contributed by atoms with van der Waals surface area (Å²) in [5, 5.41) is 0.633. The largest absolute Gasteiger partial charge is 0.496 e. The summed E-state index contributed by atoms with van der Waals surface area (Å²) in [5.74, 6) is 1.70. The summed E-state index contributed by atoms with van der Waals surface area (Å²) < 4.78 is 11.7. The van der Waals surface area contributed by atoms with Crippen LogP contribution in [-0.2, 0) is 10.3 Å². The molecule has 0 saturated heterocycles. The predicted molar refractivity (Wildman–Crippen MR) is 120 cm³/mol. The fourth-order valence-electron chi connectivity index (χ4n) is 4.31. The van der Waals surface area contributed by atoms with E-state index in [1.165, 1.54) is 4.90 Å². The highest BCUT2D eigenvalue weighted by molar-refractivity contribution is 6.30. The van der Waals surface area contributed by atoms with E-state index in [1.54, 1.807) is 14.2 Å². The molecule has 1 unspecified atom stereocenters. The normalized spacial score (nSPS) is 19.0. The number of likely N-dealkylation sites (N-methyl/N-ethyl adjacent to an activating group) is 1. The average Bonchev–Trinajstić information content (AvgIpc) is 2.99. The molecule has 5 rings (SSSR count). The monoisotopic (exact) mass is 433 g/mol. The Kier molecular flexibility index (Phi) is 4.24. The van der Waals surface area contributed by atoms with Gasteiger partial charge in [0.1, 0.15) is 17.2 Å². The van der Waals surface area contributed by atoms with Crippen LogP contribution in [0.1, 0.15) is 16.7 Å². The molecule has 156 valence electrons. The number of methoxy groups -OCH3 is 1. The first-order valence-electron chi connectivity index (χ1n) is 9.76. The number of guanidine groups is 1. The van der Waals surface area contributed by atoms with Crippen molar-refractivity contribution >= 4 is 23.5 Å². The van der Waals surface area contributed by atoms with Gasteiger partial charge in [-0.25, -0.2) is 4.99 Å². The maximum absolute atomic E-state index is 13.6. The fraction of sp³-hybridized carbons (Fsp3) is 0.167. The van der Waals surface area contributed by atoms with Gasteiger partial charge in [0.15, 0.2) is 5.96 Å². The second kappa shape index (κ2) is 6.75. The summed E-state index contributed by atoms with van der Waals surface area (Å²) >= 11 is 6.20. The molecule has 6 nitrogen and oxygen atoms in total. The zero-order valence-corrected chi connectivity index (χ0v) is 18.0. The van der Waals surface area contributed by atoms with E-state index in [0.29, 0.717) is 33.4 Å². The van der Waals surface area contributed by atoms with Crippen LogP contribution in [0.5, 0.6) is 17.2 Å². The number of rotatable bonds is 2. The van der Waals surface area contributed by atoms with E-state index in [1.807, 2.05) is 61.5 Å². The number of aliphatic imine (C=N–C) groups is 1. The van der Waals surface area contributed by atoms with E-state index in [9.17, 15) is 4.79 Å². The molecule has 7 heteroatoms. The number of benzene rings is 3. The van der Waals surface area contributed by atoms with E-state index < -0.39 is 5.54 Å². The third kappa shape index (κ3) is 2.65. The molecule has 2 aliphatic rings. The standard InChI is InChI=1S/C24H20ClN3O3/c1-13-19(30-3)10-8-17-21(13)31-20-9-7-15(14-5-4-6-16(25)11-14)12-18(20)24(17)22(29)28(2)23(26)27-24/h4-12H,1-3H3,(H2,26,27). The van der Waals surface area contributed by atoms with E-state index in [-0.39, 0.29) is 11.9 Å². The first-order chi connectivity index (χ1) is 14.9. The number of carbonyl (C=O) groups excluding carboxylic acids is 1. The van der Waals surface area contributed by atoms with Crippen LogP contribution in [0.3, 0.4) is 0 Å². The van der Waals surface area contributed by atoms with Gasteiger partial charge in [0, 0.05) is 28.8 Å². The number of nitrogens with zero attached hydrogens (tertiary/aromatic N) is 2. The van der Waals surface area contributed by atoms with Crippen LogP contribution in [0.4, 0.5) is 0 Å². The zero-order valence-electron chi connectivity index (χ0n) is 17.3. The summed E-state index contributed by atoms with van der Waals surface area (Å²) in [4.78, 5) is 19.7. The van der Waals surface area contributed by atoms with Gasteiger partial charge < -0.3 is 15.2 Å². The summed E-state index contributed by atoms with van der Waals surface area (Å²) in [5.41, 5.74) is 8.69. The lowest BCUT2D eigenvalue weighted by molar-refractivity contribution is -0.129. The molecule has 0 saturated carbocycles. The Hall–Kier alpha value is -3.51. The number of nitrogens with two attached hydrogens (primary N) is 1. The molecule has 31 heavy (non-hydrogen) atoms. The Morgan fingerprint density at radius 2 is 1.87 bits per heavy atom. The first-order valence-corrected chi connectivity index (χ1v) is 10.1. The molecule has 0 fully saturated rings. The Bertz CT molecular complexity index is 1290. The average molecular weight is 434 g/mol. The quantitative estimate of drug-likeness (QED) is 0.647. The third-order valence-corrected chi connectivity index (χ3v) is 6.18. The fourth-order valence-corrected chi connectivity index (χ4v) is 4.50. The van der Waals surface area contributed by atoms with Gasteiger partial charge in [-0.15, -0.1) is 0 Å². The minimum atomic E-state index is -1.33. The molecule has 1 atom stereocenters. The molecule has 2 heterocycles. The molecule has 0 radical (unpaired) electrons. The van der Waals surface area contributed by atoms with E-state index in [0.717, 1.165) is 16.7 Å². The second-order valence-corrected chi connectivity index (χ2v) is 8.07. The van der Waals surface area contributed by atoms with Crippen molar-refractivity contribution in [2.45, 2.75) is 12.5 Å². The van der Waals surface area contributed by atoms with Gasteiger partial charge in [-0.1, -0.05) is 29.8 Å². The lowest BCUT2D eigenvalue weighted by Gasteiger charge is -2.34. The number of halogens is 1. The zero-order chi connectivity index (χ0) is 21.9. The summed E-state index contributed by atoms with van der Waals surface area (Å²) in [6.07, 6.45) is 0. The van der Waals surface area contributed by atoms with E-state index >= 15 is 0 Å². The molecule has 0 aliphatic carbocycles. The van der Waals surface area contributed by atoms with Gasteiger partial charge >= 0.3 is 0 Å². The van der Waals surface area contributed by atoms with Crippen LogP contribution < -0.4 is 15.2 Å². The molecular weight excluding hydrogens is 414 g/mol. The smallest absolute Gasteiger partial charge is 0.266 e. The number of fused-ring (bicyclic) bond motifs is 4. The van der Waals surface area contributed by atoms with Crippen molar-refractivity contribution in [3.8, 4) is 28.4 Å². The molecule has 3 aromatic carbocycles. The number of carbonyl (C=O) groups is 1. The number of hydrogen-bond acceptors (Lipinski definition) is 5. The van der Waals surface area contributed by atoms with E-state index in [2.05, 4.69) is 0 Å². The highest BCUT2D eigenvalue weighted by Gasteiger charge is 2.55. The molecule has 0 bridgehead atoms. The van der Waals surface area contributed by atoms with Crippen molar-refractivity contribution in [3.05, 3.63) is 76.3 Å². The van der Waals surface area contributed by atoms with Gasteiger partial charge in [-0.2, -0.15) is 0 Å². The molecule has 0 aromatic heterocycles. The minimum absolute atomic E-state index is 0.158. The van der Waals surface area contributed by atoms with Crippen LogP contribution in [0.25, 0.3) is 11.1 Å². The lowest BCUT2D eigenvalue weighted by atomic mass is 9.78. The van der Waals surface area contributed by atoms with Gasteiger partial charge in [-0.05, 0) is 54.4 Å². The van der Waals surface area contributed by atoms with Crippen LogP contribution in [0.2, 0.25) is 5.02 Å². The topological polar surface area (TPSA) is 77.2 Å². The molecule has 2 aliphatic heterocycles. The van der Waals surface area contributed by atoms with Gasteiger partial charge in [-0.3, -0.25) is 9.69 Å². The Balaban J connectivity index is 1.81. The van der Waals surface area contributed by atoms with Crippen molar-refractivity contribution in [1.29, 1.82) is 0 Å². The van der Waals surface area contributed by atoms with Crippen molar-refractivity contribution in [3.63, 3.8) is 0 Å². The Labute approximate surface area is 184 Å². The van der Waals surface area contributed by atoms with Crippen LogP contribution in [0.15, 0.2) is 59.6 Å². The first kappa shape index (κ1) is 19.5. The molecule has 3 aromatic rings. The van der Waals surface area contributed by atoms with Crippen LogP contribution >= 0.6 is 11.6 Å². The summed E-state index contributed by atoms with van der Waals surface area (Å²) in [6, 6.07) is 16.9. The Morgan fingerprint density at radius 1 is 1.10 bits per heavy atom. The van der Waals surface area contributed by atoms with Gasteiger partial charge in [0.25, 0.3) is 5.91 Å². The molecule has 2 N–H and O–H groups in total. The maximum Gasteiger partial charge on any atom is 0.266 e. The molecule has 1 amide bonds. The molecular formula is C24H20ClN3O3. The number of hydrogen-bond donors (Lipinski definition) is 1. The highest BCUT2D eigenvalue weighted by atomic mass is 35.5. The van der Waals surface area contributed by atoms with E-state index in [4.69, 9.17) is 31.8 Å². The van der Waals surface area contributed by atoms with Crippen molar-refractivity contribution < 1.29 is 14.3 Å². The number of amides is 1. The summed E-state index contributed by atoms with van der Waals surface area (Å²) in [6.45, 7) is 1.90. The third-order valence-electron chi connectivity index (χ3n) is 5.95. The highest BCUT2D eigenvalue weighted by Crippen LogP contribution is 2.54. The predicted octanol–water partition coefficient (Wildman–Crippen LogP) is 4.46. The lowest BCUT2D eigenvalue weighted by Crippen LogP contribution is -2.42. The second-order valence-electron chi connectivity index (χ2n) is 7.64. The van der Waals surface area contributed by atoms with Crippen molar-refractivity contribution in [2.24, 2.45) is 10.7 Å². The van der Waals surface area contributed by atoms with Crippen molar-refractivity contribution in [1.82, 2.24) is 4.90 Å². The van der Waals surface area contributed by atoms with Gasteiger partial charge in [0.05, 0.1) is 7.11 Å². The van der Waals surface area contributed by atoms with Crippen molar-refractivity contribution in [2.75, 3.05) is 14.2 Å². The minimum Gasteiger partial charge on any atom is -0.496 e. The summed E-state index contributed by atoms with van der Waals surface area (Å²) in [7, 11) is 3.23. The number of ether oxygens (including phenoxy) is 2. The van der Waals surface area contributed by atoms with Crippen LogP contribution in [-0.4, -0.2) is 30.9 Å². The molecule has 1 spiro atoms.